The van der Waals surface area contributed by atoms with Gasteiger partial charge in [0.2, 0.25) is 5.91 Å². The molecule has 0 aliphatic carbocycles. The summed E-state index contributed by atoms with van der Waals surface area (Å²) in [5.74, 6) is 0.813. The molecular formula is C9H17NO4S2. The van der Waals surface area contributed by atoms with Crippen LogP contribution in [0.1, 0.15) is 6.42 Å². The van der Waals surface area contributed by atoms with Crippen molar-refractivity contribution in [1.29, 1.82) is 0 Å². The summed E-state index contributed by atoms with van der Waals surface area (Å²) < 4.78 is 0. The van der Waals surface area contributed by atoms with Gasteiger partial charge in [0.15, 0.2) is 0 Å². The van der Waals surface area contributed by atoms with Gasteiger partial charge in [-0.1, -0.05) is 0 Å². The number of carbonyl (C=O) groups excluding carboxylic acids is 1. The Kier molecular flexibility index (Phi) is 10.8. The Balaban J connectivity index is 3.20. The zero-order valence-corrected chi connectivity index (χ0v) is 10.6. The largest absolute Gasteiger partial charge is 0.481 e. The fourth-order valence-corrected chi connectivity index (χ4v) is 2.16. The van der Waals surface area contributed by atoms with Gasteiger partial charge < -0.3 is 15.5 Å². The van der Waals surface area contributed by atoms with Crippen LogP contribution >= 0.6 is 23.5 Å². The van der Waals surface area contributed by atoms with E-state index in [0.717, 1.165) is 29.7 Å². The average molecular weight is 267 g/mol. The van der Waals surface area contributed by atoms with Crippen LogP contribution in [0.4, 0.5) is 0 Å². The second kappa shape index (κ2) is 11.1. The molecule has 0 fully saturated rings. The van der Waals surface area contributed by atoms with E-state index < -0.39 is 5.97 Å². The maximum Gasteiger partial charge on any atom is 0.313 e. The van der Waals surface area contributed by atoms with Gasteiger partial charge in [-0.2, -0.15) is 11.8 Å². The molecule has 1 amide bonds. The third kappa shape index (κ3) is 11.7. The Morgan fingerprint density at radius 2 is 1.88 bits per heavy atom. The molecule has 0 aromatic heterocycles. The van der Waals surface area contributed by atoms with E-state index >= 15 is 0 Å². The SMILES string of the molecule is O=C(O)CSCC(=O)NCCSCCCO. The van der Waals surface area contributed by atoms with Crippen LogP contribution in [0.2, 0.25) is 0 Å². The summed E-state index contributed by atoms with van der Waals surface area (Å²) in [5, 5.41) is 19.6. The molecule has 0 heterocycles. The van der Waals surface area contributed by atoms with Gasteiger partial charge in [-0.15, -0.1) is 11.8 Å². The first-order valence-corrected chi connectivity index (χ1v) is 7.22. The average Bonchev–Trinajstić information content (AvgIpc) is 2.22. The molecule has 0 spiro atoms. The predicted octanol–water partition coefficient (Wildman–Crippen LogP) is 0.0360. The van der Waals surface area contributed by atoms with Crippen LogP contribution in [0.5, 0.6) is 0 Å². The number of aliphatic hydroxyl groups is 1. The minimum Gasteiger partial charge on any atom is -0.481 e. The number of carboxylic acid groups (broad SMARTS) is 1. The molecule has 7 heteroatoms. The first kappa shape index (κ1) is 15.6. The second-order valence-electron chi connectivity index (χ2n) is 2.93. The van der Waals surface area contributed by atoms with Gasteiger partial charge in [0, 0.05) is 18.9 Å². The molecular weight excluding hydrogens is 250 g/mol. The lowest BCUT2D eigenvalue weighted by molar-refractivity contribution is -0.133. The topological polar surface area (TPSA) is 86.6 Å². The third-order valence-electron chi connectivity index (χ3n) is 1.47. The summed E-state index contributed by atoms with van der Waals surface area (Å²) in [4.78, 5) is 21.3. The quantitative estimate of drug-likeness (QED) is 0.484. The number of amides is 1. The molecule has 0 aliphatic rings. The number of nitrogens with one attached hydrogen (secondary N) is 1. The zero-order valence-electron chi connectivity index (χ0n) is 8.98. The van der Waals surface area contributed by atoms with E-state index in [9.17, 15) is 9.59 Å². The molecule has 16 heavy (non-hydrogen) atoms. The maximum absolute atomic E-state index is 11.1. The minimum absolute atomic E-state index is 0.0430. The molecule has 94 valence electrons. The van der Waals surface area contributed by atoms with Gasteiger partial charge in [0.05, 0.1) is 11.5 Å². The number of hydrogen-bond acceptors (Lipinski definition) is 5. The van der Waals surface area contributed by atoms with E-state index in [1.165, 1.54) is 0 Å². The minimum atomic E-state index is -0.905. The Bertz CT molecular complexity index is 214. The van der Waals surface area contributed by atoms with Crippen molar-refractivity contribution in [3.05, 3.63) is 0 Å². The van der Waals surface area contributed by atoms with Crippen LogP contribution in [0.3, 0.4) is 0 Å². The van der Waals surface area contributed by atoms with E-state index in [2.05, 4.69) is 5.32 Å². The van der Waals surface area contributed by atoms with Crippen LogP contribution in [0.25, 0.3) is 0 Å². The summed E-state index contributed by atoms with van der Waals surface area (Å²) in [5.41, 5.74) is 0. The molecule has 0 aromatic carbocycles. The highest BCUT2D eigenvalue weighted by Gasteiger charge is 2.03. The first-order valence-electron chi connectivity index (χ1n) is 4.91. The third-order valence-corrected chi connectivity index (χ3v) is 3.46. The van der Waals surface area contributed by atoms with E-state index in [1.807, 2.05) is 0 Å². The Hall–Kier alpha value is -0.400. The molecule has 0 aromatic rings. The van der Waals surface area contributed by atoms with Gasteiger partial charge >= 0.3 is 5.97 Å². The highest BCUT2D eigenvalue weighted by Crippen LogP contribution is 2.01. The van der Waals surface area contributed by atoms with Crippen LogP contribution in [0.15, 0.2) is 0 Å². The van der Waals surface area contributed by atoms with Crippen LogP contribution in [-0.2, 0) is 9.59 Å². The molecule has 0 aliphatic heterocycles. The van der Waals surface area contributed by atoms with E-state index in [-0.39, 0.29) is 24.0 Å². The van der Waals surface area contributed by atoms with Crippen molar-refractivity contribution in [1.82, 2.24) is 5.32 Å². The van der Waals surface area contributed by atoms with Gasteiger partial charge in [-0.25, -0.2) is 0 Å². The van der Waals surface area contributed by atoms with E-state index in [0.29, 0.717) is 6.54 Å². The van der Waals surface area contributed by atoms with Crippen molar-refractivity contribution in [2.75, 3.05) is 36.2 Å². The number of thioether (sulfide) groups is 2. The second-order valence-corrected chi connectivity index (χ2v) is 5.14. The molecule has 0 bridgehead atoms. The zero-order chi connectivity index (χ0) is 12.2. The first-order chi connectivity index (χ1) is 7.66. The van der Waals surface area contributed by atoms with Crippen LogP contribution in [-0.4, -0.2) is 58.3 Å². The van der Waals surface area contributed by atoms with Crippen molar-refractivity contribution < 1.29 is 19.8 Å². The van der Waals surface area contributed by atoms with E-state index in [1.54, 1.807) is 11.8 Å². The monoisotopic (exact) mass is 267 g/mol. The highest BCUT2D eigenvalue weighted by atomic mass is 32.2. The molecule has 0 saturated heterocycles. The number of hydrogen-bond donors (Lipinski definition) is 3. The lowest BCUT2D eigenvalue weighted by Crippen LogP contribution is -2.27. The standard InChI is InChI=1S/C9H17NO4S2/c11-3-1-4-15-5-2-10-8(12)6-16-7-9(13)14/h11H,1-7H2,(H,10,12)(H,13,14). The van der Waals surface area contributed by atoms with Crippen molar-refractivity contribution in [3.63, 3.8) is 0 Å². The number of carboxylic acids is 1. The van der Waals surface area contributed by atoms with Crippen molar-refractivity contribution in [2.45, 2.75) is 6.42 Å². The summed E-state index contributed by atoms with van der Waals surface area (Å²) in [6.45, 7) is 0.785. The lowest BCUT2D eigenvalue weighted by Gasteiger charge is -2.04. The number of aliphatic hydroxyl groups excluding tert-OH is 1. The Morgan fingerprint density at radius 3 is 2.50 bits per heavy atom. The van der Waals surface area contributed by atoms with Gasteiger partial charge in [0.25, 0.3) is 0 Å². The highest BCUT2D eigenvalue weighted by molar-refractivity contribution is 8.00. The molecule has 0 rings (SSSR count). The van der Waals surface area contributed by atoms with Gasteiger partial charge in [-0.3, -0.25) is 9.59 Å². The summed E-state index contributed by atoms with van der Waals surface area (Å²) in [7, 11) is 0. The lowest BCUT2D eigenvalue weighted by atomic mass is 10.5. The van der Waals surface area contributed by atoms with Crippen molar-refractivity contribution in [2.24, 2.45) is 0 Å². The van der Waals surface area contributed by atoms with E-state index in [4.69, 9.17) is 10.2 Å². The summed E-state index contributed by atoms with van der Waals surface area (Å²) in [6.07, 6.45) is 0.771. The summed E-state index contributed by atoms with van der Waals surface area (Å²) >= 11 is 2.76. The van der Waals surface area contributed by atoms with Crippen molar-refractivity contribution in [3.8, 4) is 0 Å². The molecule has 5 nitrogen and oxygen atoms in total. The number of aliphatic carboxylic acids is 1. The molecule has 0 saturated carbocycles. The van der Waals surface area contributed by atoms with Gasteiger partial charge in [-0.05, 0) is 12.2 Å². The fraction of sp³-hybridized carbons (Fsp3) is 0.778. The number of rotatable bonds is 10. The normalized spacial score (nSPS) is 10.1. The number of carbonyl (C=O) groups is 2. The fourth-order valence-electron chi connectivity index (χ4n) is 0.813. The van der Waals surface area contributed by atoms with Crippen molar-refractivity contribution >= 4 is 35.4 Å². The van der Waals surface area contributed by atoms with Crippen LogP contribution in [0, 0.1) is 0 Å². The molecule has 3 N–H and O–H groups in total. The molecule has 0 atom stereocenters. The predicted molar refractivity (Wildman–Crippen MR) is 67.0 cm³/mol. The Labute approximate surface area is 103 Å². The molecule has 0 unspecified atom stereocenters. The Morgan fingerprint density at radius 1 is 1.12 bits per heavy atom. The molecule has 0 radical (unpaired) electrons. The smallest absolute Gasteiger partial charge is 0.313 e. The van der Waals surface area contributed by atoms with Gasteiger partial charge in [0.1, 0.15) is 0 Å². The summed E-state index contributed by atoms with van der Waals surface area (Å²) in [6, 6.07) is 0. The maximum atomic E-state index is 11.1. The van der Waals surface area contributed by atoms with Crippen LogP contribution < -0.4 is 5.32 Å².